The number of aliphatic carboxylic acids is 1. The number of amides is 1. The van der Waals surface area contributed by atoms with Gasteiger partial charge >= 0.3 is 30.6 Å². The number of nitrogens with zero attached hydrogens (tertiary/aromatic N) is 4. The van der Waals surface area contributed by atoms with Crippen molar-refractivity contribution in [3.8, 4) is 0 Å². The van der Waals surface area contributed by atoms with Crippen LogP contribution in [0.1, 0.15) is 79.3 Å². The maximum absolute atomic E-state index is 13.7. The van der Waals surface area contributed by atoms with Crippen LogP contribution >= 0.6 is 0 Å². The van der Waals surface area contributed by atoms with Gasteiger partial charge in [0.2, 0.25) is 5.95 Å². The number of fused-ring (bicyclic) bond motifs is 1. The molecular weight excluding hydrogens is 691 g/mol. The Hall–Kier alpha value is -4.84. The third-order valence-corrected chi connectivity index (χ3v) is 7.62. The van der Waals surface area contributed by atoms with Crippen LogP contribution in [0, 0.1) is 0 Å². The van der Waals surface area contributed by atoms with Gasteiger partial charge in [-0.2, -0.15) is 39.5 Å². The second-order valence-electron chi connectivity index (χ2n) is 11.3. The first-order chi connectivity index (χ1) is 23.3. The molecule has 3 heterocycles. The summed E-state index contributed by atoms with van der Waals surface area (Å²) in [5.74, 6) is -1.47. The number of carbonyl (C=O) groups excluding carboxylic acids is 1. The van der Waals surface area contributed by atoms with Gasteiger partial charge in [-0.3, -0.25) is 9.69 Å². The number of ether oxygens (including phenoxy) is 1. The number of halogens is 9. The molecule has 0 saturated carbocycles. The SMILES string of the molecule is CCCNc1cnc(N[C@H]2C[C@@H](CC)N(C(=O)OCCC(=O)O)c3ccc(C(F)(F)F)nc32)nc1Cc1cc(C(F)(F)F)cc(C(F)(F)F)c1. The molecule has 1 aliphatic heterocycles. The summed E-state index contributed by atoms with van der Waals surface area (Å²) in [6, 6.07) is 1.06. The van der Waals surface area contributed by atoms with Crippen LogP contribution in [0.15, 0.2) is 36.5 Å². The number of aromatic nitrogens is 3. The minimum atomic E-state index is -5.08. The highest BCUT2D eigenvalue weighted by molar-refractivity contribution is 5.90. The van der Waals surface area contributed by atoms with Crippen LogP contribution in [-0.4, -0.2) is 51.3 Å². The van der Waals surface area contributed by atoms with E-state index in [4.69, 9.17) is 9.84 Å². The van der Waals surface area contributed by atoms with Crippen LogP contribution in [0.25, 0.3) is 0 Å². The van der Waals surface area contributed by atoms with Gasteiger partial charge in [0.05, 0.1) is 52.5 Å². The fraction of sp³-hybridized carbons (Fsp3) is 0.452. The number of benzene rings is 1. The summed E-state index contributed by atoms with van der Waals surface area (Å²) in [6.07, 6.45) is -15.1. The Morgan fingerprint density at radius 2 is 1.62 bits per heavy atom. The van der Waals surface area contributed by atoms with Crippen molar-refractivity contribution in [3.63, 3.8) is 0 Å². The van der Waals surface area contributed by atoms with E-state index in [9.17, 15) is 49.1 Å². The molecular formula is C31H31F9N6O4. The molecule has 2 atom stereocenters. The van der Waals surface area contributed by atoms with Crippen molar-refractivity contribution in [2.24, 2.45) is 0 Å². The number of nitrogens with one attached hydrogen (secondary N) is 2. The number of alkyl halides is 9. The van der Waals surface area contributed by atoms with Gasteiger partial charge in [-0.05, 0) is 55.2 Å². The van der Waals surface area contributed by atoms with E-state index in [1.807, 2.05) is 6.92 Å². The van der Waals surface area contributed by atoms with E-state index in [2.05, 4.69) is 25.6 Å². The molecule has 0 aliphatic carbocycles. The first-order valence-corrected chi connectivity index (χ1v) is 15.2. The number of hydrogen-bond donors (Lipinski definition) is 3. The Morgan fingerprint density at radius 1 is 0.960 bits per heavy atom. The van der Waals surface area contributed by atoms with Crippen LogP contribution in [0.4, 0.5) is 61.6 Å². The maximum Gasteiger partial charge on any atom is 0.433 e. The Morgan fingerprint density at radius 3 is 2.18 bits per heavy atom. The van der Waals surface area contributed by atoms with Crippen molar-refractivity contribution >= 4 is 29.4 Å². The van der Waals surface area contributed by atoms with Crippen LogP contribution < -0.4 is 15.5 Å². The first-order valence-electron chi connectivity index (χ1n) is 15.2. The van der Waals surface area contributed by atoms with Crippen LogP contribution in [0.5, 0.6) is 0 Å². The molecule has 0 spiro atoms. The van der Waals surface area contributed by atoms with Crippen molar-refractivity contribution in [1.82, 2.24) is 15.0 Å². The first kappa shape index (κ1) is 38.0. The molecule has 1 aromatic carbocycles. The quantitative estimate of drug-likeness (QED) is 0.168. The second-order valence-corrected chi connectivity index (χ2v) is 11.3. The molecule has 0 unspecified atom stereocenters. The lowest BCUT2D eigenvalue weighted by Crippen LogP contribution is -2.46. The molecule has 0 saturated heterocycles. The van der Waals surface area contributed by atoms with Crippen molar-refractivity contribution in [3.05, 3.63) is 70.3 Å². The Labute approximate surface area is 279 Å². The minimum Gasteiger partial charge on any atom is -0.481 e. The minimum absolute atomic E-state index is 0.00477. The molecule has 3 aromatic rings. The van der Waals surface area contributed by atoms with Gasteiger partial charge in [0.15, 0.2) is 0 Å². The number of rotatable bonds is 11. The number of pyridine rings is 1. The zero-order valence-corrected chi connectivity index (χ0v) is 26.4. The van der Waals surface area contributed by atoms with E-state index in [1.165, 1.54) is 6.20 Å². The molecule has 19 heteroatoms. The maximum atomic E-state index is 13.7. The highest BCUT2D eigenvalue weighted by Crippen LogP contribution is 2.42. The van der Waals surface area contributed by atoms with Gasteiger partial charge in [0, 0.05) is 19.0 Å². The van der Waals surface area contributed by atoms with Crippen LogP contribution in [0.2, 0.25) is 0 Å². The van der Waals surface area contributed by atoms with Crippen molar-refractivity contribution in [2.75, 3.05) is 28.7 Å². The molecule has 10 nitrogen and oxygen atoms in total. The largest absolute Gasteiger partial charge is 0.481 e. The fourth-order valence-electron chi connectivity index (χ4n) is 5.29. The molecule has 4 rings (SSSR count). The van der Waals surface area contributed by atoms with Gasteiger partial charge in [0.1, 0.15) is 12.3 Å². The molecule has 2 aromatic heterocycles. The Bertz CT molecular complexity index is 1670. The monoisotopic (exact) mass is 722 g/mol. The standard InChI is InChI=1S/C31H31F9N6O4/c1-3-8-41-22-15-42-27(43-20(22)12-16-10-17(29(32,33)34)13-18(11-16)30(35,36)37)44-21-14-19(4-2)46(28(49)50-9-7-25(47)48)23-5-6-24(31(38,39)40)45-26(21)23/h5-6,10-11,13,15,19,21,41H,3-4,7-9,12,14H2,1-2H3,(H,47,48)(H,42,43,44)/t19-,21+/m1/s1. The van der Waals surface area contributed by atoms with E-state index in [-0.39, 0.29) is 53.2 Å². The van der Waals surface area contributed by atoms with Gasteiger partial charge in [0.25, 0.3) is 0 Å². The molecule has 0 fully saturated rings. The number of hydrogen-bond acceptors (Lipinski definition) is 8. The molecule has 272 valence electrons. The summed E-state index contributed by atoms with van der Waals surface area (Å²) in [4.78, 5) is 37.3. The number of carboxylic acids is 1. The predicted molar refractivity (Wildman–Crippen MR) is 160 cm³/mol. The third kappa shape index (κ3) is 9.23. The van der Waals surface area contributed by atoms with E-state index < -0.39 is 78.9 Å². The fourth-order valence-corrected chi connectivity index (χ4v) is 5.29. The highest BCUT2D eigenvalue weighted by Gasteiger charge is 2.41. The Kier molecular flexibility index (Phi) is 11.4. The average molecular weight is 723 g/mol. The van der Waals surface area contributed by atoms with E-state index in [1.54, 1.807) is 6.92 Å². The summed E-state index contributed by atoms with van der Waals surface area (Å²) in [5.41, 5.74) is -4.81. The molecule has 3 N–H and O–H groups in total. The topological polar surface area (TPSA) is 130 Å². The second kappa shape index (κ2) is 15.0. The lowest BCUT2D eigenvalue weighted by atomic mass is 9.93. The molecule has 0 radical (unpaired) electrons. The summed E-state index contributed by atoms with van der Waals surface area (Å²) in [7, 11) is 0. The third-order valence-electron chi connectivity index (χ3n) is 7.62. The van der Waals surface area contributed by atoms with E-state index >= 15 is 0 Å². The van der Waals surface area contributed by atoms with Crippen LogP contribution in [-0.2, 0) is 34.5 Å². The number of carbonyl (C=O) groups is 2. The van der Waals surface area contributed by atoms with Crippen LogP contribution in [0.3, 0.4) is 0 Å². The molecule has 0 bridgehead atoms. The van der Waals surface area contributed by atoms with Crippen molar-refractivity contribution in [2.45, 2.75) is 76.6 Å². The van der Waals surface area contributed by atoms with Crippen molar-refractivity contribution < 1.29 is 58.9 Å². The molecule has 1 amide bonds. The van der Waals surface area contributed by atoms with Gasteiger partial charge in [-0.1, -0.05) is 13.8 Å². The van der Waals surface area contributed by atoms with Gasteiger partial charge < -0.3 is 20.5 Å². The zero-order chi connectivity index (χ0) is 37.0. The normalized spacial score (nSPS) is 16.5. The summed E-state index contributed by atoms with van der Waals surface area (Å²) < 4.78 is 128. The number of carboxylic acid groups (broad SMARTS) is 1. The van der Waals surface area contributed by atoms with E-state index in [0.717, 1.165) is 11.0 Å². The van der Waals surface area contributed by atoms with Gasteiger partial charge in [-0.25, -0.2) is 19.7 Å². The van der Waals surface area contributed by atoms with Gasteiger partial charge in [-0.15, -0.1) is 0 Å². The van der Waals surface area contributed by atoms with Crippen molar-refractivity contribution in [1.29, 1.82) is 0 Å². The van der Waals surface area contributed by atoms with E-state index in [0.29, 0.717) is 31.2 Å². The molecule has 1 aliphatic rings. The molecule has 50 heavy (non-hydrogen) atoms. The lowest BCUT2D eigenvalue weighted by Gasteiger charge is -2.39. The lowest BCUT2D eigenvalue weighted by molar-refractivity contribution is -0.143. The zero-order valence-electron chi connectivity index (χ0n) is 26.4. The Balaban J connectivity index is 1.76. The smallest absolute Gasteiger partial charge is 0.433 e. The number of anilines is 3. The predicted octanol–water partition coefficient (Wildman–Crippen LogP) is 8.09. The highest BCUT2D eigenvalue weighted by atomic mass is 19.4. The summed E-state index contributed by atoms with van der Waals surface area (Å²) in [6.45, 7) is 3.34. The summed E-state index contributed by atoms with van der Waals surface area (Å²) in [5, 5.41) is 14.7. The summed E-state index contributed by atoms with van der Waals surface area (Å²) >= 11 is 0. The average Bonchev–Trinajstić information content (AvgIpc) is 3.02.